The van der Waals surface area contributed by atoms with E-state index in [0.717, 1.165) is 32.2 Å². The van der Waals surface area contributed by atoms with Gasteiger partial charge in [-0.2, -0.15) is 0 Å². The van der Waals surface area contributed by atoms with Gasteiger partial charge in [0.1, 0.15) is 0 Å². The first-order valence-electron chi connectivity index (χ1n) is 4.82. The van der Waals surface area contributed by atoms with Crippen LogP contribution in [-0.4, -0.2) is 25.8 Å². The summed E-state index contributed by atoms with van der Waals surface area (Å²) in [5, 5.41) is 0. The standard InChI is InChI=1S/C13H9.Tl/c1-3-7-12-10(5-1)9-11-6-2-4-8-13(11)12;/h1-5,7-8H,9H2;. The fraction of sp³-hybridized carbons (Fsp3) is 0.0769. The first-order chi connectivity index (χ1) is 6.86. The second-order valence-electron chi connectivity index (χ2n) is 3.71. The summed E-state index contributed by atoms with van der Waals surface area (Å²) in [7, 11) is 0. The molecule has 14 heavy (non-hydrogen) atoms. The van der Waals surface area contributed by atoms with Gasteiger partial charge in [-0.15, -0.1) is 0 Å². The van der Waals surface area contributed by atoms with Gasteiger partial charge in [0.15, 0.2) is 0 Å². The Morgan fingerprint density at radius 1 is 0.857 bits per heavy atom. The van der Waals surface area contributed by atoms with Gasteiger partial charge in [-0.1, -0.05) is 0 Å². The van der Waals surface area contributed by atoms with Crippen molar-refractivity contribution in [3.8, 4) is 11.1 Å². The van der Waals surface area contributed by atoms with Gasteiger partial charge in [0.25, 0.3) is 0 Å². The van der Waals surface area contributed by atoms with Gasteiger partial charge in [-0.05, 0) is 0 Å². The minimum atomic E-state index is 0.948. The molecule has 0 nitrogen and oxygen atoms in total. The van der Waals surface area contributed by atoms with E-state index in [4.69, 9.17) is 0 Å². The van der Waals surface area contributed by atoms with Crippen LogP contribution in [0.15, 0.2) is 42.5 Å². The van der Waals surface area contributed by atoms with E-state index in [1.165, 1.54) is 16.7 Å². The Morgan fingerprint density at radius 2 is 1.64 bits per heavy atom. The van der Waals surface area contributed by atoms with Crippen LogP contribution >= 0.6 is 0 Å². The third-order valence-corrected chi connectivity index (χ3v) is 4.99. The van der Waals surface area contributed by atoms with Gasteiger partial charge in [0, 0.05) is 0 Å². The van der Waals surface area contributed by atoms with Crippen LogP contribution in [0.5, 0.6) is 0 Å². The van der Waals surface area contributed by atoms with E-state index in [9.17, 15) is 0 Å². The molecule has 0 saturated carbocycles. The van der Waals surface area contributed by atoms with E-state index in [2.05, 4.69) is 42.5 Å². The molecule has 0 heterocycles. The predicted molar refractivity (Wildman–Crippen MR) is 60.1 cm³/mol. The molecule has 0 saturated heterocycles. The zero-order chi connectivity index (χ0) is 9.54. The summed E-state index contributed by atoms with van der Waals surface area (Å²) in [5.74, 6) is 0. The van der Waals surface area contributed by atoms with Crippen molar-refractivity contribution in [2.75, 3.05) is 0 Å². The number of rotatable bonds is 0. The van der Waals surface area contributed by atoms with Gasteiger partial charge in [0.2, 0.25) is 0 Å². The van der Waals surface area contributed by atoms with E-state index in [0.29, 0.717) is 0 Å². The Bertz CT molecular complexity index is 500. The van der Waals surface area contributed by atoms with Crippen molar-refractivity contribution in [2.45, 2.75) is 6.42 Å². The minimum absolute atomic E-state index is 0.948. The summed E-state index contributed by atoms with van der Waals surface area (Å²) in [6.07, 6.45) is 1.15. The Kier molecular flexibility index (Phi) is 1.97. The molecule has 0 amide bonds. The molecule has 0 unspecified atom stereocenters. The van der Waals surface area contributed by atoms with Crippen molar-refractivity contribution in [1.29, 1.82) is 0 Å². The Morgan fingerprint density at radius 3 is 2.57 bits per heavy atom. The van der Waals surface area contributed by atoms with Crippen LogP contribution in [-0.2, 0) is 6.42 Å². The van der Waals surface area contributed by atoms with Crippen LogP contribution in [0.2, 0.25) is 0 Å². The first kappa shape index (κ1) is 8.65. The van der Waals surface area contributed by atoms with Crippen molar-refractivity contribution in [2.24, 2.45) is 0 Å². The van der Waals surface area contributed by atoms with Crippen LogP contribution in [0, 0.1) is 0 Å². The molecule has 0 fully saturated rings. The Balaban J connectivity index is 2.33. The van der Waals surface area contributed by atoms with Crippen LogP contribution in [0.3, 0.4) is 0 Å². The Hall–Kier alpha value is -0.638. The second-order valence-corrected chi connectivity index (χ2v) is 6.13. The zero-order valence-electron chi connectivity index (χ0n) is 7.83. The molecule has 1 aliphatic carbocycles. The topological polar surface area (TPSA) is 0 Å². The molecule has 0 aromatic heterocycles. The fourth-order valence-electron chi connectivity index (χ4n) is 2.18. The molecule has 0 radical (unpaired) electrons. The first-order valence-corrected chi connectivity index (χ1v) is 7.06. The molecule has 64 valence electrons. The summed E-state index contributed by atoms with van der Waals surface area (Å²) >= 11 is 0.948. The maximum atomic E-state index is 2.27. The van der Waals surface area contributed by atoms with E-state index in [1.807, 2.05) is 0 Å². The van der Waals surface area contributed by atoms with Gasteiger partial charge in [0.05, 0.1) is 0 Å². The average Bonchev–Trinajstić information content (AvgIpc) is 2.59. The zero-order valence-corrected chi connectivity index (χ0v) is 12.3. The van der Waals surface area contributed by atoms with Gasteiger partial charge in [-0.25, -0.2) is 0 Å². The molecular weight excluding hydrogens is 361 g/mol. The van der Waals surface area contributed by atoms with Crippen molar-refractivity contribution >= 4 is 28.9 Å². The van der Waals surface area contributed by atoms with Crippen LogP contribution < -0.4 is 3.12 Å². The number of fused-ring (bicyclic) bond motifs is 3. The fourth-order valence-corrected chi connectivity index (χ4v) is 3.62. The van der Waals surface area contributed by atoms with Crippen molar-refractivity contribution in [1.82, 2.24) is 0 Å². The van der Waals surface area contributed by atoms with E-state index in [1.54, 1.807) is 8.69 Å². The summed E-state index contributed by atoms with van der Waals surface area (Å²) in [6.45, 7) is 0. The number of hydrogen-bond acceptors (Lipinski definition) is 0. The Labute approximate surface area is 99.7 Å². The summed E-state index contributed by atoms with van der Waals surface area (Å²) < 4.78 is 1.58. The maximum absolute atomic E-state index is 2.27. The van der Waals surface area contributed by atoms with Gasteiger partial charge in [-0.3, -0.25) is 0 Å². The molecule has 0 spiro atoms. The monoisotopic (exact) mass is 370 g/mol. The third-order valence-electron chi connectivity index (χ3n) is 2.89. The molecule has 2 aromatic carbocycles. The third kappa shape index (κ3) is 1.16. The quantitative estimate of drug-likeness (QED) is 0.532. The van der Waals surface area contributed by atoms with E-state index >= 15 is 0 Å². The molecule has 1 aliphatic rings. The van der Waals surface area contributed by atoms with E-state index in [-0.39, 0.29) is 0 Å². The van der Waals surface area contributed by atoms with Crippen LogP contribution in [0.4, 0.5) is 0 Å². The molecule has 0 aliphatic heterocycles. The molecule has 0 atom stereocenters. The van der Waals surface area contributed by atoms with Crippen molar-refractivity contribution in [3.05, 3.63) is 53.6 Å². The summed E-state index contributed by atoms with van der Waals surface area (Å²) in [5.41, 5.74) is 6.00. The predicted octanol–water partition coefficient (Wildman–Crippen LogP) is 2.05. The van der Waals surface area contributed by atoms with Crippen molar-refractivity contribution in [3.63, 3.8) is 0 Å². The second kappa shape index (κ2) is 3.19. The molecular formula is C13H9Tl. The molecule has 3 rings (SSSR count). The summed E-state index contributed by atoms with van der Waals surface area (Å²) in [6, 6.07) is 15.5. The SMILES string of the molecule is [Tl][c]1cccc2c1Cc1ccccc1-2. The normalized spacial score (nSPS) is 12.2. The number of hydrogen-bond donors (Lipinski definition) is 0. The molecule has 0 bridgehead atoms. The van der Waals surface area contributed by atoms with Gasteiger partial charge < -0.3 is 0 Å². The number of benzene rings is 2. The van der Waals surface area contributed by atoms with Crippen molar-refractivity contribution < 1.29 is 0 Å². The van der Waals surface area contributed by atoms with Gasteiger partial charge >= 0.3 is 100 Å². The molecule has 1 heteroatoms. The average molecular weight is 370 g/mol. The van der Waals surface area contributed by atoms with E-state index < -0.39 is 0 Å². The van der Waals surface area contributed by atoms with Crippen LogP contribution in [0.25, 0.3) is 11.1 Å². The molecule has 2 aromatic rings. The van der Waals surface area contributed by atoms with Crippen LogP contribution in [0.1, 0.15) is 11.1 Å². The molecule has 0 N–H and O–H groups in total. The summed E-state index contributed by atoms with van der Waals surface area (Å²) in [4.78, 5) is 0.